The Morgan fingerprint density at radius 2 is 1.70 bits per heavy atom. The SMILES string of the molecule is CNC(Cc1ccc(F)c(Br)c1)c1ccc(F)c(F)c1. The Labute approximate surface area is 123 Å². The Morgan fingerprint density at radius 1 is 1.00 bits per heavy atom. The monoisotopic (exact) mass is 343 g/mol. The first-order chi connectivity index (χ1) is 9.51. The molecular formula is C15H13BrF3N. The Balaban J connectivity index is 2.23. The fraction of sp³-hybridized carbons (Fsp3) is 0.200. The number of hydrogen-bond donors (Lipinski definition) is 1. The van der Waals surface area contributed by atoms with Crippen molar-refractivity contribution in [1.29, 1.82) is 0 Å². The number of benzene rings is 2. The molecule has 0 radical (unpaired) electrons. The second-order valence-corrected chi connectivity index (χ2v) is 5.32. The van der Waals surface area contributed by atoms with Gasteiger partial charge in [0.2, 0.25) is 0 Å². The van der Waals surface area contributed by atoms with E-state index in [1.165, 1.54) is 18.2 Å². The second kappa shape index (κ2) is 6.41. The summed E-state index contributed by atoms with van der Waals surface area (Å²) in [6.45, 7) is 0. The fourth-order valence-electron chi connectivity index (χ4n) is 2.02. The average molecular weight is 344 g/mol. The first kappa shape index (κ1) is 15.1. The maximum atomic E-state index is 13.3. The molecule has 5 heteroatoms. The molecule has 0 fully saturated rings. The van der Waals surface area contributed by atoms with Crippen LogP contribution in [0.25, 0.3) is 0 Å². The van der Waals surface area contributed by atoms with Gasteiger partial charge in [-0.3, -0.25) is 0 Å². The number of rotatable bonds is 4. The lowest BCUT2D eigenvalue weighted by atomic mass is 9.99. The van der Waals surface area contributed by atoms with Gasteiger partial charge >= 0.3 is 0 Å². The molecule has 0 saturated carbocycles. The third-order valence-electron chi connectivity index (χ3n) is 3.12. The van der Waals surface area contributed by atoms with E-state index in [0.717, 1.165) is 11.6 Å². The van der Waals surface area contributed by atoms with Crippen LogP contribution in [0.5, 0.6) is 0 Å². The van der Waals surface area contributed by atoms with Crippen LogP contribution in [0.2, 0.25) is 0 Å². The van der Waals surface area contributed by atoms with Gasteiger partial charge in [-0.1, -0.05) is 12.1 Å². The van der Waals surface area contributed by atoms with Crippen molar-refractivity contribution in [2.24, 2.45) is 0 Å². The Bertz CT molecular complexity index is 616. The number of nitrogens with one attached hydrogen (secondary N) is 1. The van der Waals surface area contributed by atoms with Crippen molar-refractivity contribution in [1.82, 2.24) is 5.32 Å². The quantitative estimate of drug-likeness (QED) is 0.869. The van der Waals surface area contributed by atoms with Crippen molar-refractivity contribution >= 4 is 15.9 Å². The first-order valence-electron chi connectivity index (χ1n) is 6.07. The molecule has 1 nitrogen and oxygen atoms in total. The van der Waals surface area contributed by atoms with Crippen LogP contribution in [0, 0.1) is 17.5 Å². The topological polar surface area (TPSA) is 12.0 Å². The summed E-state index contributed by atoms with van der Waals surface area (Å²) in [5.41, 5.74) is 1.54. The summed E-state index contributed by atoms with van der Waals surface area (Å²) < 4.78 is 39.8. The summed E-state index contributed by atoms with van der Waals surface area (Å²) in [5.74, 6) is -2.07. The van der Waals surface area contributed by atoms with Crippen molar-refractivity contribution < 1.29 is 13.2 Å². The normalized spacial score (nSPS) is 12.4. The van der Waals surface area contributed by atoms with Gasteiger partial charge in [0.15, 0.2) is 11.6 Å². The van der Waals surface area contributed by atoms with Crippen molar-refractivity contribution in [3.05, 3.63) is 69.4 Å². The van der Waals surface area contributed by atoms with Crippen molar-refractivity contribution in [3.8, 4) is 0 Å². The van der Waals surface area contributed by atoms with Gasteiger partial charge < -0.3 is 5.32 Å². The van der Waals surface area contributed by atoms with Crippen LogP contribution >= 0.6 is 15.9 Å². The number of halogens is 4. The first-order valence-corrected chi connectivity index (χ1v) is 6.86. The van der Waals surface area contributed by atoms with Crippen LogP contribution in [0.15, 0.2) is 40.9 Å². The Kier molecular flexibility index (Phi) is 4.83. The average Bonchev–Trinajstić information content (AvgIpc) is 2.43. The standard InChI is InChI=1S/C15H13BrF3N/c1-20-15(10-3-5-13(18)14(19)8-10)7-9-2-4-12(17)11(16)6-9/h2-6,8,15,20H,7H2,1H3. The summed E-state index contributed by atoms with van der Waals surface area (Å²) >= 11 is 3.13. The molecule has 0 spiro atoms. The fourth-order valence-corrected chi connectivity index (χ4v) is 2.44. The highest BCUT2D eigenvalue weighted by Crippen LogP contribution is 2.23. The second-order valence-electron chi connectivity index (χ2n) is 4.47. The zero-order chi connectivity index (χ0) is 14.7. The lowest BCUT2D eigenvalue weighted by Crippen LogP contribution is -2.19. The molecule has 1 unspecified atom stereocenters. The molecule has 106 valence electrons. The molecule has 2 aromatic rings. The maximum absolute atomic E-state index is 13.3. The van der Waals surface area contributed by atoms with Crippen LogP contribution in [0.3, 0.4) is 0 Å². The van der Waals surface area contributed by atoms with E-state index in [1.54, 1.807) is 19.2 Å². The molecular weight excluding hydrogens is 331 g/mol. The van der Waals surface area contributed by atoms with Crippen molar-refractivity contribution in [3.63, 3.8) is 0 Å². The van der Waals surface area contributed by atoms with Gasteiger partial charge in [0.25, 0.3) is 0 Å². The summed E-state index contributed by atoms with van der Waals surface area (Å²) in [5, 5.41) is 3.05. The van der Waals surface area contributed by atoms with E-state index in [2.05, 4.69) is 21.2 Å². The molecule has 1 N–H and O–H groups in total. The summed E-state index contributed by atoms with van der Waals surface area (Å²) in [6, 6.07) is 8.37. The molecule has 0 aromatic heterocycles. The summed E-state index contributed by atoms with van der Waals surface area (Å²) in [7, 11) is 1.74. The number of hydrogen-bond acceptors (Lipinski definition) is 1. The zero-order valence-corrected chi connectivity index (χ0v) is 12.3. The van der Waals surface area contributed by atoms with Crippen LogP contribution in [-0.2, 0) is 6.42 Å². The van der Waals surface area contributed by atoms with E-state index in [4.69, 9.17) is 0 Å². The highest BCUT2D eigenvalue weighted by Gasteiger charge is 2.13. The predicted molar refractivity (Wildman–Crippen MR) is 76.0 cm³/mol. The third-order valence-corrected chi connectivity index (χ3v) is 3.73. The van der Waals surface area contributed by atoms with E-state index >= 15 is 0 Å². The zero-order valence-electron chi connectivity index (χ0n) is 10.8. The molecule has 0 saturated heterocycles. The molecule has 0 aliphatic carbocycles. The van der Waals surface area contributed by atoms with E-state index in [-0.39, 0.29) is 11.9 Å². The maximum Gasteiger partial charge on any atom is 0.159 e. The smallest absolute Gasteiger partial charge is 0.159 e. The van der Waals surface area contributed by atoms with Crippen LogP contribution in [-0.4, -0.2) is 7.05 Å². The van der Waals surface area contributed by atoms with Gasteiger partial charge in [0.05, 0.1) is 4.47 Å². The molecule has 2 aromatic carbocycles. The predicted octanol–water partition coefficient (Wildman–Crippen LogP) is 4.37. The molecule has 20 heavy (non-hydrogen) atoms. The molecule has 0 bridgehead atoms. The van der Waals surface area contributed by atoms with Crippen molar-refractivity contribution in [2.45, 2.75) is 12.5 Å². The van der Waals surface area contributed by atoms with E-state index in [1.807, 2.05) is 0 Å². The molecule has 0 aliphatic rings. The van der Waals surface area contributed by atoms with Crippen LogP contribution in [0.4, 0.5) is 13.2 Å². The van der Waals surface area contributed by atoms with Gasteiger partial charge in [-0.2, -0.15) is 0 Å². The van der Waals surface area contributed by atoms with Crippen LogP contribution < -0.4 is 5.32 Å². The van der Waals surface area contributed by atoms with Gasteiger partial charge in [0, 0.05) is 6.04 Å². The van der Waals surface area contributed by atoms with E-state index < -0.39 is 11.6 Å². The highest BCUT2D eigenvalue weighted by atomic mass is 79.9. The molecule has 0 aliphatic heterocycles. The van der Waals surface area contributed by atoms with Gasteiger partial charge in [-0.15, -0.1) is 0 Å². The lowest BCUT2D eigenvalue weighted by molar-refractivity contribution is 0.501. The molecule has 0 amide bonds. The Morgan fingerprint density at radius 3 is 2.30 bits per heavy atom. The minimum Gasteiger partial charge on any atom is -0.313 e. The molecule has 2 rings (SSSR count). The minimum atomic E-state index is -0.872. The summed E-state index contributed by atoms with van der Waals surface area (Å²) in [6.07, 6.45) is 0.542. The van der Waals surface area contributed by atoms with E-state index in [0.29, 0.717) is 16.5 Å². The highest BCUT2D eigenvalue weighted by molar-refractivity contribution is 9.10. The lowest BCUT2D eigenvalue weighted by Gasteiger charge is -2.17. The van der Waals surface area contributed by atoms with Gasteiger partial charge in [-0.25, -0.2) is 13.2 Å². The molecule has 0 heterocycles. The third kappa shape index (κ3) is 3.41. The minimum absolute atomic E-state index is 0.178. The van der Waals surface area contributed by atoms with Gasteiger partial charge in [0.1, 0.15) is 5.82 Å². The van der Waals surface area contributed by atoms with Crippen LogP contribution in [0.1, 0.15) is 17.2 Å². The van der Waals surface area contributed by atoms with E-state index in [9.17, 15) is 13.2 Å². The Hall–Kier alpha value is -1.33. The largest absolute Gasteiger partial charge is 0.313 e. The molecule has 1 atom stereocenters. The van der Waals surface area contributed by atoms with Crippen molar-refractivity contribution in [2.75, 3.05) is 7.05 Å². The van der Waals surface area contributed by atoms with Gasteiger partial charge in [-0.05, 0) is 64.8 Å². The number of likely N-dealkylation sites (N-methyl/N-ethyl adjacent to an activating group) is 1. The summed E-state index contributed by atoms with van der Waals surface area (Å²) in [4.78, 5) is 0.